The Bertz CT molecular complexity index is 675. The van der Waals surface area contributed by atoms with Crippen LogP contribution in [0.5, 0.6) is 5.75 Å². The fraction of sp³-hybridized carbons (Fsp3) is 0.412. The minimum absolute atomic E-state index is 0.340. The molecule has 2 rings (SSSR count). The maximum absolute atomic E-state index is 5.77. The fourth-order valence-electron chi connectivity index (χ4n) is 2.25. The van der Waals surface area contributed by atoms with E-state index in [1.54, 1.807) is 6.21 Å². The summed E-state index contributed by atoms with van der Waals surface area (Å²) in [5, 5.41) is 5.20. The van der Waals surface area contributed by atoms with Crippen molar-refractivity contribution in [2.24, 2.45) is 15.8 Å². The van der Waals surface area contributed by atoms with Crippen molar-refractivity contribution < 1.29 is 4.74 Å². The number of H-pyrrole nitrogens is 1. The van der Waals surface area contributed by atoms with Crippen LogP contribution in [0.1, 0.15) is 38.7 Å². The highest BCUT2D eigenvalue weighted by atomic mass is 16.5. The molecule has 1 heterocycles. The Labute approximate surface area is 136 Å². The summed E-state index contributed by atoms with van der Waals surface area (Å²) in [6, 6.07) is 5.94. The summed E-state index contributed by atoms with van der Waals surface area (Å²) in [7, 11) is 0. The summed E-state index contributed by atoms with van der Waals surface area (Å²) in [4.78, 5) is 7.43. The Morgan fingerprint density at radius 1 is 1.35 bits per heavy atom. The first-order valence-corrected chi connectivity index (χ1v) is 8.07. The monoisotopic (exact) mass is 315 g/mol. The van der Waals surface area contributed by atoms with Crippen LogP contribution in [0.25, 0.3) is 10.9 Å². The van der Waals surface area contributed by atoms with Crippen molar-refractivity contribution in [3.05, 3.63) is 30.0 Å². The molecule has 1 aromatic carbocycles. The number of nitrogens with one attached hydrogen (secondary N) is 2. The zero-order valence-electron chi connectivity index (χ0n) is 13.8. The van der Waals surface area contributed by atoms with Crippen LogP contribution in [0.15, 0.2) is 34.5 Å². The van der Waals surface area contributed by atoms with Crippen LogP contribution < -0.4 is 15.9 Å². The van der Waals surface area contributed by atoms with Crippen molar-refractivity contribution in [3.63, 3.8) is 0 Å². The first-order chi connectivity index (χ1) is 11.2. The average molecular weight is 315 g/mol. The molecule has 4 N–H and O–H groups in total. The molecule has 0 unspecified atom stereocenters. The van der Waals surface area contributed by atoms with E-state index in [2.05, 4.69) is 27.4 Å². The van der Waals surface area contributed by atoms with Gasteiger partial charge in [-0.25, -0.2) is 5.43 Å². The van der Waals surface area contributed by atoms with E-state index in [1.807, 2.05) is 31.3 Å². The lowest BCUT2D eigenvalue weighted by molar-refractivity contribution is 0.341. The second-order valence-electron chi connectivity index (χ2n) is 5.23. The van der Waals surface area contributed by atoms with Gasteiger partial charge in [-0.1, -0.05) is 19.8 Å². The zero-order valence-corrected chi connectivity index (χ0v) is 13.8. The van der Waals surface area contributed by atoms with Gasteiger partial charge in [-0.2, -0.15) is 5.10 Å². The number of benzene rings is 1. The Morgan fingerprint density at radius 2 is 2.22 bits per heavy atom. The molecule has 6 nitrogen and oxygen atoms in total. The van der Waals surface area contributed by atoms with Crippen molar-refractivity contribution in [1.29, 1.82) is 0 Å². The van der Waals surface area contributed by atoms with Crippen molar-refractivity contribution >= 4 is 23.1 Å². The van der Waals surface area contributed by atoms with E-state index >= 15 is 0 Å². The van der Waals surface area contributed by atoms with E-state index in [-0.39, 0.29) is 0 Å². The molecule has 1 aromatic heterocycles. The third kappa shape index (κ3) is 5.02. The Hall–Kier alpha value is -2.50. The lowest BCUT2D eigenvalue weighted by Gasteiger charge is -2.02. The van der Waals surface area contributed by atoms with Gasteiger partial charge in [-0.3, -0.25) is 4.99 Å². The highest BCUT2D eigenvalue weighted by Crippen LogP contribution is 2.22. The summed E-state index contributed by atoms with van der Waals surface area (Å²) in [6.45, 7) is 5.50. The normalized spacial score (nSPS) is 12.2. The van der Waals surface area contributed by atoms with Gasteiger partial charge in [-0.15, -0.1) is 0 Å². The second kappa shape index (κ2) is 8.82. The molecule has 0 spiro atoms. The molecule has 2 aromatic rings. The molecule has 0 radical (unpaired) electrons. The topological polar surface area (TPSA) is 87.8 Å². The maximum atomic E-state index is 5.77. The van der Waals surface area contributed by atoms with Crippen LogP contribution in [0, 0.1) is 0 Å². The van der Waals surface area contributed by atoms with Crippen LogP contribution in [0.3, 0.4) is 0 Å². The van der Waals surface area contributed by atoms with E-state index < -0.39 is 0 Å². The quantitative estimate of drug-likeness (QED) is 0.303. The standard InChI is InChI=1S/C17H25N5O/c1-3-5-6-9-19-17(18)22-21-12-13-11-20-16-8-7-14(23-4-2)10-15(13)16/h7-8,10-12,20H,3-6,9H2,1-2H3,(H3,18,19,22)/b21-12+. The third-order valence-electron chi connectivity index (χ3n) is 3.42. The van der Waals surface area contributed by atoms with Crippen LogP contribution in [0.2, 0.25) is 0 Å². The molecule has 0 aliphatic rings. The molecule has 0 atom stereocenters. The molecule has 0 aliphatic heterocycles. The minimum atomic E-state index is 0.340. The molecule has 0 amide bonds. The van der Waals surface area contributed by atoms with Gasteiger partial charge in [-0.05, 0) is 31.5 Å². The number of unbranched alkanes of at least 4 members (excludes halogenated alkanes) is 2. The number of guanidine groups is 1. The molecule has 0 bridgehead atoms. The highest BCUT2D eigenvalue weighted by Gasteiger charge is 2.03. The summed E-state index contributed by atoms with van der Waals surface area (Å²) in [5.41, 5.74) is 10.5. The van der Waals surface area contributed by atoms with Gasteiger partial charge in [0.2, 0.25) is 5.96 Å². The van der Waals surface area contributed by atoms with Crippen molar-refractivity contribution in [3.8, 4) is 5.75 Å². The number of aromatic nitrogens is 1. The number of nitrogens with zero attached hydrogens (tertiary/aromatic N) is 2. The molecular weight excluding hydrogens is 290 g/mol. The molecule has 6 heteroatoms. The largest absolute Gasteiger partial charge is 0.494 e. The maximum Gasteiger partial charge on any atom is 0.209 e. The summed E-state index contributed by atoms with van der Waals surface area (Å²) in [6.07, 6.45) is 7.01. The SMILES string of the molecule is CCCCCN=C(N)N/N=C/c1c[nH]c2ccc(OCC)cc12. The van der Waals surface area contributed by atoms with Crippen molar-refractivity contribution in [2.75, 3.05) is 13.2 Å². The first kappa shape index (κ1) is 16.9. The fourth-order valence-corrected chi connectivity index (χ4v) is 2.25. The molecule has 0 saturated carbocycles. The second-order valence-corrected chi connectivity index (χ2v) is 5.23. The summed E-state index contributed by atoms with van der Waals surface area (Å²) < 4.78 is 5.53. The Balaban J connectivity index is 1.99. The van der Waals surface area contributed by atoms with Gasteiger partial charge in [0.1, 0.15) is 5.75 Å². The van der Waals surface area contributed by atoms with Gasteiger partial charge in [0.05, 0.1) is 12.8 Å². The number of rotatable bonds is 8. The van der Waals surface area contributed by atoms with Gasteiger partial charge >= 0.3 is 0 Å². The van der Waals surface area contributed by atoms with Gasteiger partial charge in [0.15, 0.2) is 0 Å². The number of fused-ring (bicyclic) bond motifs is 1. The summed E-state index contributed by atoms with van der Waals surface area (Å²) in [5.74, 6) is 1.19. The number of hydrazone groups is 1. The highest BCUT2D eigenvalue weighted by molar-refractivity contribution is 5.99. The smallest absolute Gasteiger partial charge is 0.209 e. The first-order valence-electron chi connectivity index (χ1n) is 8.07. The van der Waals surface area contributed by atoms with E-state index in [1.165, 1.54) is 6.42 Å². The van der Waals surface area contributed by atoms with Gasteiger partial charge in [0, 0.05) is 29.2 Å². The predicted molar refractivity (Wildman–Crippen MR) is 96.2 cm³/mol. The third-order valence-corrected chi connectivity index (χ3v) is 3.42. The molecule has 124 valence electrons. The number of ether oxygens (including phenoxy) is 1. The van der Waals surface area contributed by atoms with Crippen LogP contribution in [-0.4, -0.2) is 30.3 Å². The van der Waals surface area contributed by atoms with E-state index in [4.69, 9.17) is 10.5 Å². The number of aliphatic imine (C=N–C) groups is 1. The lowest BCUT2D eigenvalue weighted by Crippen LogP contribution is -2.27. The molecular formula is C17H25N5O. The van der Waals surface area contributed by atoms with Crippen LogP contribution in [0.4, 0.5) is 0 Å². The predicted octanol–water partition coefficient (Wildman–Crippen LogP) is 3.00. The minimum Gasteiger partial charge on any atom is -0.494 e. The van der Waals surface area contributed by atoms with E-state index in [0.717, 1.165) is 41.6 Å². The number of nitrogens with two attached hydrogens (primary N) is 1. The Morgan fingerprint density at radius 3 is 3.00 bits per heavy atom. The Kier molecular flexibility index (Phi) is 6.47. The number of hydrogen-bond acceptors (Lipinski definition) is 3. The molecule has 0 saturated heterocycles. The van der Waals surface area contributed by atoms with Crippen molar-refractivity contribution in [2.45, 2.75) is 33.1 Å². The molecule has 0 fully saturated rings. The van der Waals surface area contributed by atoms with Gasteiger partial charge in [0.25, 0.3) is 0 Å². The average Bonchev–Trinajstić information content (AvgIpc) is 2.95. The van der Waals surface area contributed by atoms with Gasteiger partial charge < -0.3 is 15.5 Å². The number of hydrogen-bond donors (Lipinski definition) is 3. The number of aromatic amines is 1. The lowest BCUT2D eigenvalue weighted by atomic mass is 10.2. The van der Waals surface area contributed by atoms with Crippen LogP contribution >= 0.6 is 0 Å². The van der Waals surface area contributed by atoms with E-state index in [9.17, 15) is 0 Å². The zero-order chi connectivity index (χ0) is 16.5. The van der Waals surface area contributed by atoms with Crippen LogP contribution in [-0.2, 0) is 0 Å². The van der Waals surface area contributed by atoms with Crippen molar-refractivity contribution in [1.82, 2.24) is 10.4 Å². The van der Waals surface area contributed by atoms with E-state index in [0.29, 0.717) is 12.6 Å². The molecule has 23 heavy (non-hydrogen) atoms. The summed E-state index contributed by atoms with van der Waals surface area (Å²) >= 11 is 0. The molecule has 0 aliphatic carbocycles.